The lowest BCUT2D eigenvalue weighted by Crippen LogP contribution is -2.32. The quantitative estimate of drug-likeness (QED) is 0.188. The third-order valence-corrected chi connectivity index (χ3v) is 10.2. The van der Waals surface area contributed by atoms with Crippen molar-refractivity contribution in [3.8, 4) is 11.5 Å². The molecule has 230 valence electrons. The molecule has 2 aromatic heterocycles. The molecule has 1 aliphatic heterocycles. The number of ether oxygens (including phenoxy) is 1. The van der Waals surface area contributed by atoms with Crippen LogP contribution in [0.3, 0.4) is 0 Å². The van der Waals surface area contributed by atoms with Crippen molar-refractivity contribution in [1.29, 1.82) is 0 Å². The summed E-state index contributed by atoms with van der Waals surface area (Å²) in [7, 11) is 1.71. The van der Waals surface area contributed by atoms with Gasteiger partial charge in [-0.05, 0) is 81.0 Å². The minimum absolute atomic E-state index is 0.0684. The van der Waals surface area contributed by atoms with Crippen LogP contribution in [-0.2, 0) is 11.2 Å². The first-order chi connectivity index (χ1) is 21.4. The van der Waals surface area contributed by atoms with Gasteiger partial charge in [0.2, 0.25) is 5.89 Å². The van der Waals surface area contributed by atoms with Gasteiger partial charge in [0.25, 0.3) is 5.91 Å². The summed E-state index contributed by atoms with van der Waals surface area (Å²) in [6, 6.07) is 15.1. The van der Waals surface area contributed by atoms with Gasteiger partial charge in [0.1, 0.15) is 11.3 Å². The normalized spacial score (nSPS) is 21.4. The Balaban J connectivity index is 1.29. The Morgan fingerprint density at radius 1 is 1.14 bits per heavy atom. The zero-order valence-corrected chi connectivity index (χ0v) is 26.0. The molecule has 0 radical (unpaired) electrons. The van der Waals surface area contributed by atoms with Gasteiger partial charge in [0.15, 0.2) is 5.78 Å². The van der Waals surface area contributed by atoms with Crippen LogP contribution in [-0.4, -0.2) is 57.5 Å². The van der Waals surface area contributed by atoms with Crippen molar-refractivity contribution in [1.82, 2.24) is 14.9 Å². The second kappa shape index (κ2) is 13.5. The highest BCUT2D eigenvalue weighted by molar-refractivity contribution is 7.09. The Hall–Kier alpha value is -3.66. The van der Waals surface area contributed by atoms with Gasteiger partial charge in [0.05, 0.1) is 24.4 Å². The predicted octanol–water partition coefficient (Wildman–Crippen LogP) is 6.69. The smallest absolute Gasteiger partial charge is 0.254 e. The minimum Gasteiger partial charge on any atom is -0.445 e. The van der Waals surface area contributed by atoms with E-state index in [1.807, 2.05) is 47.5 Å². The SMILES string of the molecule is CO[C@H]1CC[C@@H]([C@@H](O)[C@@H](CC(=O)c2cc(C(=O)N3CCC[C@@H]3c3nc(C)cs3)cc(-c3ncco3)c2)Cc2ccccc2)C1. The Labute approximate surface area is 262 Å². The fourth-order valence-electron chi connectivity index (χ4n) is 6.83. The van der Waals surface area contributed by atoms with E-state index in [1.165, 1.54) is 6.26 Å². The van der Waals surface area contributed by atoms with E-state index in [2.05, 4.69) is 9.97 Å². The number of ketones is 1. The number of aliphatic hydroxyl groups is 1. The van der Waals surface area contributed by atoms with Crippen LogP contribution in [0.4, 0.5) is 0 Å². The number of methoxy groups -OCH3 is 1. The van der Waals surface area contributed by atoms with Crippen molar-refractivity contribution in [3.05, 3.63) is 93.8 Å². The zero-order chi connectivity index (χ0) is 30.6. The molecule has 0 bridgehead atoms. The standard InChI is InChI=1S/C35H39N3O5S/c1-22-21-44-34(37-22)30-9-6-13-38(30)35(41)28-17-25(16-27(18-28)33-36-12-14-43-33)31(39)20-26(15-23-7-4-3-5-8-23)32(40)24-10-11-29(19-24)42-2/h3-5,7-8,12,14,16-18,21,24,26,29-30,32,40H,6,9-11,13,15,19-20H2,1-2H3/t24-,26-,29+,30-,32-/m1/s1. The molecule has 8 nitrogen and oxygen atoms in total. The molecule has 5 atom stereocenters. The number of hydrogen-bond acceptors (Lipinski definition) is 8. The highest BCUT2D eigenvalue weighted by atomic mass is 32.1. The lowest BCUT2D eigenvalue weighted by atomic mass is 9.81. The summed E-state index contributed by atoms with van der Waals surface area (Å²) in [5, 5.41) is 14.6. The lowest BCUT2D eigenvalue weighted by Gasteiger charge is -2.28. The molecule has 1 saturated carbocycles. The Kier molecular flexibility index (Phi) is 9.35. The first kappa shape index (κ1) is 30.4. The molecule has 44 heavy (non-hydrogen) atoms. The lowest BCUT2D eigenvalue weighted by molar-refractivity contribution is 0.0353. The number of aromatic nitrogens is 2. The molecule has 1 aliphatic carbocycles. The van der Waals surface area contributed by atoms with Crippen molar-refractivity contribution in [2.75, 3.05) is 13.7 Å². The molecule has 2 aromatic carbocycles. The molecule has 2 fully saturated rings. The van der Waals surface area contributed by atoms with E-state index in [4.69, 9.17) is 9.15 Å². The summed E-state index contributed by atoms with van der Waals surface area (Å²) in [6.45, 7) is 2.59. The number of nitrogens with zero attached hydrogens (tertiary/aromatic N) is 3. The number of thiazole rings is 1. The molecule has 0 spiro atoms. The van der Waals surface area contributed by atoms with Gasteiger partial charge in [-0.3, -0.25) is 9.59 Å². The number of Topliss-reactive ketones (excluding diaryl/α,β-unsaturated/α-hetero) is 1. The molecule has 6 rings (SSSR count). The molecule has 1 saturated heterocycles. The molecule has 0 unspecified atom stereocenters. The van der Waals surface area contributed by atoms with Gasteiger partial charge in [-0.2, -0.15) is 0 Å². The molecular weight excluding hydrogens is 574 g/mol. The summed E-state index contributed by atoms with van der Waals surface area (Å²) >= 11 is 1.58. The Morgan fingerprint density at radius 2 is 1.95 bits per heavy atom. The molecule has 9 heteroatoms. The summed E-state index contributed by atoms with van der Waals surface area (Å²) in [5.74, 6) is -0.132. The number of carbonyl (C=O) groups excluding carboxylic acids is 2. The monoisotopic (exact) mass is 613 g/mol. The Bertz CT molecular complexity index is 1570. The predicted molar refractivity (Wildman–Crippen MR) is 169 cm³/mol. The first-order valence-electron chi connectivity index (χ1n) is 15.5. The van der Waals surface area contributed by atoms with Gasteiger partial charge in [0, 0.05) is 47.8 Å². The third-order valence-electron chi connectivity index (χ3n) is 9.13. The number of hydrogen-bond donors (Lipinski definition) is 1. The largest absolute Gasteiger partial charge is 0.445 e. The molecule has 2 aliphatic rings. The number of benzene rings is 2. The van der Waals surface area contributed by atoms with Crippen LogP contribution >= 0.6 is 11.3 Å². The molecule has 4 aromatic rings. The van der Waals surface area contributed by atoms with Crippen LogP contribution in [0.2, 0.25) is 0 Å². The van der Waals surface area contributed by atoms with Crippen molar-refractivity contribution < 1.29 is 23.8 Å². The molecular formula is C35H39N3O5S. The van der Waals surface area contributed by atoms with Crippen LogP contribution in [0.1, 0.15) is 81.5 Å². The van der Waals surface area contributed by atoms with Crippen LogP contribution < -0.4 is 0 Å². The van der Waals surface area contributed by atoms with Crippen LogP contribution in [0, 0.1) is 18.8 Å². The number of oxazole rings is 1. The highest BCUT2D eigenvalue weighted by Crippen LogP contribution is 2.37. The zero-order valence-electron chi connectivity index (χ0n) is 25.2. The van der Waals surface area contributed by atoms with E-state index in [0.29, 0.717) is 35.5 Å². The maximum Gasteiger partial charge on any atom is 0.254 e. The summed E-state index contributed by atoms with van der Waals surface area (Å²) in [6.07, 6.45) is 7.55. The van der Waals surface area contributed by atoms with Gasteiger partial charge in [-0.1, -0.05) is 30.3 Å². The minimum atomic E-state index is -0.651. The van der Waals surface area contributed by atoms with Gasteiger partial charge < -0.3 is 19.2 Å². The second-order valence-corrected chi connectivity index (χ2v) is 13.0. The van der Waals surface area contributed by atoms with Crippen molar-refractivity contribution in [2.45, 2.75) is 70.1 Å². The van der Waals surface area contributed by atoms with E-state index < -0.39 is 6.10 Å². The number of rotatable bonds is 11. The maximum absolute atomic E-state index is 14.1. The van der Waals surface area contributed by atoms with E-state index in [0.717, 1.165) is 48.4 Å². The van der Waals surface area contributed by atoms with E-state index >= 15 is 0 Å². The maximum atomic E-state index is 14.1. The highest BCUT2D eigenvalue weighted by Gasteiger charge is 2.36. The summed E-state index contributed by atoms with van der Waals surface area (Å²) < 4.78 is 11.2. The van der Waals surface area contributed by atoms with Crippen molar-refractivity contribution in [3.63, 3.8) is 0 Å². The molecule has 3 heterocycles. The van der Waals surface area contributed by atoms with Crippen LogP contribution in [0.15, 0.2) is 70.8 Å². The first-order valence-corrected chi connectivity index (χ1v) is 16.3. The molecule has 1 N–H and O–H groups in total. The number of aryl methyl sites for hydroxylation is 1. The average molecular weight is 614 g/mol. The Morgan fingerprint density at radius 3 is 2.66 bits per heavy atom. The third kappa shape index (κ3) is 6.70. The number of amides is 1. The summed E-state index contributed by atoms with van der Waals surface area (Å²) in [5.41, 5.74) is 3.43. The van der Waals surface area contributed by atoms with Gasteiger partial charge >= 0.3 is 0 Å². The molecule has 1 amide bonds. The fourth-order valence-corrected chi connectivity index (χ4v) is 7.77. The van der Waals surface area contributed by atoms with E-state index in [9.17, 15) is 14.7 Å². The van der Waals surface area contributed by atoms with Crippen molar-refractivity contribution in [2.24, 2.45) is 11.8 Å². The average Bonchev–Trinajstić information content (AvgIpc) is 3.87. The summed E-state index contributed by atoms with van der Waals surface area (Å²) in [4.78, 5) is 38.9. The topological polar surface area (TPSA) is 106 Å². The van der Waals surface area contributed by atoms with Gasteiger partial charge in [-0.25, -0.2) is 9.97 Å². The number of aliphatic hydroxyl groups excluding tert-OH is 1. The number of likely N-dealkylation sites (tertiary alicyclic amines) is 1. The van der Waals surface area contributed by atoms with Crippen LogP contribution in [0.5, 0.6) is 0 Å². The number of carbonyl (C=O) groups is 2. The van der Waals surface area contributed by atoms with Crippen molar-refractivity contribution >= 4 is 23.0 Å². The fraction of sp³-hybridized carbons (Fsp3) is 0.429. The van der Waals surface area contributed by atoms with Crippen LogP contribution in [0.25, 0.3) is 11.5 Å². The second-order valence-electron chi connectivity index (χ2n) is 12.1. The van der Waals surface area contributed by atoms with E-state index in [1.54, 1.807) is 42.8 Å². The van der Waals surface area contributed by atoms with E-state index in [-0.39, 0.29) is 42.1 Å². The van der Waals surface area contributed by atoms with Gasteiger partial charge in [-0.15, -0.1) is 11.3 Å².